The van der Waals surface area contributed by atoms with Crippen LogP contribution >= 0.6 is 0 Å². The molecule has 33 heavy (non-hydrogen) atoms. The molecule has 4 rings (SSSR count). The second-order valence-corrected chi connectivity index (χ2v) is 8.05. The molecule has 0 radical (unpaired) electrons. The molecule has 2 heterocycles. The van der Waals surface area contributed by atoms with Crippen LogP contribution in [0, 0.1) is 10.1 Å². The fourth-order valence-electron chi connectivity index (χ4n) is 3.98. The van der Waals surface area contributed by atoms with Gasteiger partial charge in [0.15, 0.2) is 5.96 Å². The smallest absolute Gasteiger partial charge is 0.335 e. The number of nitrogens with one attached hydrogen (secondary N) is 1. The average molecular weight is 453 g/mol. The summed E-state index contributed by atoms with van der Waals surface area (Å²) in [5.41, 5.74) is 2.04. The Morgan fingerprint density at radius 1 is 1.12 bits per heavy atom. The molecule has 2 saturated heterocycles. The Kier molecular flexibility index (Phi) is 7.04. The summed E-state index contributed by atoms with van der Waals surface area (Å²) in [6.45, 7) is 4.28. The number of aromatic carboxylic acids is 1. The summed E-state index contributed by atoms with van der Waals surface area (Å²) < 4.78 is 5.71. The number of carboxylic acid groups (broad SMARTS) is 1. The van der Waals surface area contributed by atoms with Crippen LogP contribution in [0.15, 0.2) is 53.5 Å². The zero-order valence-electron chi connectivity index (χ0n) is 18.2. The van der Waals surface area contributed by atoms with Gasteiger partial charge in [-0.2, -0.15) is 0 Å². The Labute approximate surface area is 191 Å². The molecule has 2 aromatic rings. The van der Waals surface area contributed by atoms with E-state index in [0.29, 0.717) is 6.54 Å². The molecule has 2 N–H and O–H groups in total. The van der Waals surface area contributed by atoms with E-state index in [2.05, 4.69) is 15.1 Å². The van der Waals surface area contributed by atoms with Gasteiger partial charge in [0.25, 0.3) is 5.69 Å². The van der Waals surface area contributed by atoms with Gasteiger partial charge in [0.2, 0.25) is 0 Å². The first-order valence-electron chi connectivity index (χ1n) is 11.0. The lowest BCUT2D eigenvalue weighted by molar-refractivity contribution is -0.384. The van der Waals surface area contributed by atoms with Crippen molar-refractivity contribution in [3.8, 4) is 0 Å². The van der Waals surface area contributed by atoms with E-state index in [1.54, 1.807) is 36.4 Å². The van der Waals surface area contributed by atoms with Crippen molar-refractivity contribution < 1.29 is 19.6 Å². The summed E-state index contributed by atoms with van der Waals surface area (Å²) in [5.74, 6) is -0.229. The van der Waals surface area contributed by atoms with E-state index in [1.807, 2.05) is 0 Å². The second-order valence-electron chi connectivity index (χ2n) is 8.05. The van der Waals surface area contributed by atoms with E-state index >= 15 is 0 Å². The first-order valence-corrected chi connectivity index (χ1v) is 11.0. The summed E-state index contributed by atoms with van der Waals surface area (Å²) in [6.07, 6.45) is 2.17. The lowest BCUT2D eigenvalue weighted by atomic mass is 10.2. The topological polar surface area (TPSA) is 121 Å². The van der Waals surface area contributed by atoms with Crippen molar-refractivity contribution in [1.82, 2.24) is 4.90 Å². The maximum Gasteiger partial charge on any atom is 0.335 e. The van der Waals surface area contributed by atoms with Gasteiger partial charge in [-0.05, 0) is 49.2 Å². The summed E-state index contributed by atoms with van der Waals surface area (Å²) in [6, 6.07) is 13.2. The number of carbonyl (C=O) groups is 1. The van der Waals surface area contributed by atoms with Crippen molar-refractivity contribution in [3.63, 3.8) is 0 Å². The molecule has 2 fully saturated rings. The van der Waals surface area contributed by atoms with Crippen molar-refractivity contribution >= 4 is 29.0 Å². The van der Waals surface area contributed by atoms with Crippen molar-refractivity contribution in [2.24, 2.45) is 4.99 Å². The zero-order chi connectivity index (χ0) is 23.2. The van der Waals surface area contributed by atoms with Gasteiger partial charge in [-0.3, -0.25) is 15.1 Å². The summed E-state index contributed by atoms with van der Waals surface area (Å²) >= 11 is 0. The normalized spacial score (nSPS) is 18.9. The van der Waals surface area contributed by atoms with E-state index < -0.39 is 10.9 Å². The Morgan fingerprint density at radius 2 is 1.82 bits per heavy atom. The molecule has 2 aliphatic heterocycles. The molecule has 1 atom stereocenters. The van der Waals surface area contributed by atoms with E-state index in [9.17, 15) is 14.9 Å². The Balaban J connectivity index is 1.43. The molecule has 174 valence electrons. The minimum Gasteiger partial charge on any atom is -0.478 e. The number of hydrogen-bond acceptors (Lipinski definition) is 6. The van der Waals surface area contributed by atoms with E-state index in [-0.39, 0.29) is 17.4 Å². The Morgan fingerprint density at radius 3 is 2.39 bits per heavy atom. The van der Waals surface area contributed by atoms with Crippen molar-refractivity contribution in [3.05, 3.63) is 64.2 Å². The minimum absolute atomic E-state index is 0.0825. The van der Waals surface area contributed by atoms with Crippen LogP contribution in [0.4, 0.5) is 17.1 Å². The van der Waals surface area contributed by atoms with Gasteiger partial charge in [0, 0.05) is 56.3 Å². The summed E-state index contributed by atoms with van der Waals surface area (Å²) in [4.78, 5) is 30.8. The van der Waals surface area contributed by atoms with Crippen molar-refractivity contribution in [2.75, 3.05) is 49.5 Å². The van der Waals surface area contributed by atoms with Gasteiger partial charge in [0.05, 0.1) is 23.1 Å². The average Bonchev–Trinajstić information content (AvgIpc) is 3.36. The molecule has 2 aliphatic rings. The third-order valence-electron chi connectivity index (χ3n) is 5.86. The zero-order valence-corrected chi connectivity index (χ0v) is 18.2. The van der Waals surface area contributed by atoms with Crippen LogP contribution in [-0.4, -0.2) is 72.3 Å². The van der Waals surface area contributed by atoms with Gasteiger partial charge < -0.3 is 25.0 Å². The maximum absolute atomic E-state index is 11.1. The van der Waals surface area contributed by atoms with Crippen LogP contribution in [0.2, 0.25) is 0 Å². The molecule has 0 aliphatic carbocycles. The molecule has 0 bridgehead atoms. The van der Waals surface area contributed by atoms with Gasteiger partial charge >= 0.3 is 5.97 Å². The third-order valence-corrected chi connectivity index (χ3v) is 5.86. The first kappa shape index (κ1) is 22.5. The van der Waals surface area contributed by atoms with Crippen LogP contribution in [-0.2, 0) is 4.74 Å². The van der Waals surface area contributed by atoms with E-state index in [4.69, 9.17) is 14.8 Å². The number of rotatable bonds is 6. The first-order chi connectivity index (χ1) is 16.0. The second kappa shape index (κ2) is 10.3. The number of nitro benzene ring substituents is 1. The van der Waals surface area contributed by atoms with Gasteiger partial charge in [0.1, 0.15) is 0 Å². The van der Waals surface area contributed by atoms with Gasteiger partial charge in [-0.25, -0.2) is 4.79 Å². The molecule has 0 aromatic heterocycles. The number of hydrogen-bond donors (Lipinski definition) is 2. The van der Waals surface area contributed by atoms with Crippen LogP contribution in [0.5, 0.6) is 0 Å². The number of anilines is 2. The number of guanidine groups is 1. The van der Waals surface area contributed by atoms with Crippen LogP contribution in [0.25, 0.3) is 0 Å². The predicted molar refractivity (Wildman–Crippen MR) is 125 cm³/mol. The Bertz CT molecular complexity index is 995. The molecule has 2 aromatic carbocycles. The van der Waals surface area contributed by atoms with Gasteiger partial charge in [-0.1, -0.05) is 0 Å². The van der Waals surface area contributed by atoms with Gasteiger partial charge in [-0.15, -0.1) is 0 Å². The summed E-state index contributed by atoms with van der Waals surface area (Å²) in [7, 11) is 0. The Hall–Kier alpha value is -3.66. The fraction of sp³-hybridized carbons (Fsp3) is 0.391. The quantitative estimate of drug-likeness (QED) is 0.296. The molecule has 0 saturated carbocycles. The lowest BCUT2D eigenvalue weighted by Crippen LogP contribution is -2.51. The molecule has 0 unspecified atom stereocenters. The van der Waals surface area contributed by atoms with Crippen LogP contribution in [0.1, 0.15) is 23.2 Å². The highest BCUT2D eigenvalue weighted by atomic mass is 16.6. The highest BCUT2D eigenvalue weighted by Crippen LogP contribution is 2.21. The number of ether oxygens (including phenoxy) is 1. The molecule has 0 spiro atoms. The summed E-state index contributed by atoms with van der Waals surface area (Å²) in [5, 5.41) is 23.4. The number of carboxylic acids is 1. The third kappa shape index (κ3) is 5.78. The van der Waals surface area contributed by atoms with Crippen LogP contribution < -0.4 is 10.2 Å². The fourth-order valence-corrected chi connectivity index (χ4v) is 3.98. The SMILES string of the molecule is O=C(O)c1ccc(NC(=NC[C@H]2CCCO2)N2CCN(c3ccc([N+](=O)[O-])cc3)CC2)cc1. The highest BCUT2D eigenvalue weighted by Gasteiger charge is 2.22. The van der Waals surface area contributed by atoms with E-state index in [0.717, 1.165) is 63.0 Å². The lowest BCUT2D eigenvalue weighted by Gasteiger charge is -2.37. The molecule has 0 amide bonds. The maximum atomic E-state index is 11.1. The molecular weight excluding hydrogens is 426 g/mol. The standard InChI is InChI=1S/C23H27N5O5/c29-22(30)17-3-5-18(6-4-17)25-23(24-16-21-2-1-15-33-21)27-13-11-26(12-14-27)19-7-9-20(10-8-19)28(31)32/h3-10,21H,1-2,11-16H2,(H,24,25)(H,29,30)/t21-/m1/s1. The number of nitrogens with zero attached hydrogens (tertiary/aromatic N) is 4. The molecule has 10 nitrogen and oxygen atoms in total. The van der Waals surface area contributed by atoms with Crippen molar-refractivity contribution in [1.29, 1.82) is 0 Å². The number of piperazine rings is 1. The number of benzene rings is 2. The number of aliphatic imine (C=N–C) groups is 1. The molecule has 10 heteroatoms. The predicted octanol–water partition coefficient (Wildman–Crippen LogP) is 3.06. The minimum atomic E-state index is -0.962. The number of non-ortho nitro benzene ring substituents is 1. The largest absolute Gasteiger partial charge is 0.478 e. The van der Waals surface area contributed by atoms with E-state index in [1.165, 1.54) is 12.1 Å². The van der Waals surface area contributed by atoms with Crippen LogP contribution in [0.3, 0.4) is 0 Å². The van der Waals surface area contributed by atoms with Crippen molar-refractivity contribution in [2.45, 2.75) is 18.9 Å². The highest BCUT2D eigenvalue weighted by molar-refractivity contribution is 5.95. The number of nitro groups is 1. The molecular formula is C23H27N5O5. The monoisotopic (exact) mass is 453 g/mol.